The third-order valence-electron chi connectivity index (χ3n) is 3.90. The van der Waals surface area contributed by atoms with E-state index >= 15 is 0 Å². The Morgan fingerprint density at radius 2 is 1.73 bits per heavy atom. The fourth-order valence-corrected chi connectivity index (χ4v) is 3.46. The summed E-state index contributed by atoms with van der Waals surface area (Å²) in [5, 5.41) is 2.44. The molecule has 0 radical (unpaired) electrons. The second kappa shape index (κ2) is 7.37. The van der Waals surface area contributed by atoms with Crippen LogP contribution in [0.1, 0.15) is 16.1 Å². The number of benzene rings is 2. The standard InChI is InChI=1S/C19H16F3NO2S/c1-24-16-8-7-13(9-17(16)25-2)15-11-26-18(23-15)10-12-5-3-4-6-14(12)19(20,21)22/h3-9,11H,10H2,1-2H3. The van der Waals surface area contributed by atoms with Crippen LogP contribution >= 0.6 is 11.3 Å². The number of hydrogen-bond donors (Lipinski definition) is 0. The van der Waals surface area contributed by atoms with Gasteiger partial charge in [0, 0.05) is 17.4 Å². The van der Waals surface area contributed by atoms with Gasteiger partial charge in [0.2, 0.25) is 0 Å². The molecule has 0 spiro atoms. The number of hydrogen-bond acceptors (Lipinski definition) is 4. The van der Waals surface area contributed by atoms with E-state index in [-0.39, 0.29) is 12.0 Å². The van der Waals surface area contributed by atoms with Gasteiger partial charge < -0.3 is 9.47 Å². The fraction of sp³-hybridized carbons (Fsp3) is 0.211. The minimum absolute atomic E-state index is 0.133. The van der Waals surface area contributed by atoms with E-state index in [1.807, 2.05) is 11.4 Å². The predicted molar refractivity (Wildman–Crippen MR) is 94.9 cm³/mol. The summed E-state index contributed by atoms with van der Waals surface area (Å²) in [5.74, 6) is 1.17. The lowest BCUT2D eigenvalue weighted by atomic mass is 10.0. The lowest BCUT2D eigenvalue weighted by Gasteiger charge is -2.11. The molecule has 3 aromatic rings. The molecule has 3 rings (SSSR count). The average Bonchev–Trinajstić information content (AvgIpc) is 3.09. The number of methoxy groups -OCH3 is 2. The lowest BCUT2D eigenvalue weighted by Crippen LogP contribution is -2.09. The minimum atomic E-state index is -4.37. The van der Waals surface area contributed by atoms with Crippen molar-refractivity contribution in [2.75, 3.05) is 14.2 Å². The van der Waals surface area contributed by atoms with Gasteiger partial charge in [-0.3, -0.25) is 0 Å². The summed E-state index contributed by atoms with van der Waals surface area (Å²) in [6, 6.07) is 11.0. The molecule has 0 atom stereocenters. The molecule has 0 unspecified atom stereocenters. The Kier molecular flexibility index (Phi) is 5.18. The van der Waals surface area contributed by atoms with Crippen molar-refractivity contribution in [3.05, 3.63) is 64.0 Å². The van der Waals surface area contributed by atoms with E-state index in [2.05, 4.69) is 4.98 Å². The molecule has 1 heterocycles. The van der Waals surface area contributed by atoms with E-state index < -0.39 is 11.7 Å². The quantitative estimate of drug-likeness (QED) is 0.592. The van der Waals surface area contributed by atoms with Crippen molar-refractivity contribution in [2.45, 2.75) is 12.6 Å². The first-order valence-corrected chi connectivity index (χ1v) is 8.62. The van der Waals surface area contributed by atoms with Gasteiger partial charge in [-0.15, -0.1) is 11.3 Å². The van der Waals surface area contributed by atoms with E-state index in [9.17, 15) is 13.2 Å². The fourth-order valence-electron chi connectivity index (χ4n) is 2.63. The molecule has 2 aromatic carbocycles. The van der Waals surface area contributed by atoms with Crippen molar-refractivity contribution in [2.24, 2.45) is 0 Å². The maximum atomic E-state index is 13.1. The summed E-state index contributed by atoms with van der Waals surface area (Å²) in [5.41, 5.74) is 1.10. The normalized spacial score (nSPS) is 11.4. The summed E-state index contributed by atoms with van der Waals surface area (Å²) in [4.78, 5) is 4.48. The average molecular weight is 379 g/mol. The maximum Gasteiger partial charge on any atom is 0.416 e. The van der Waals surface area contributed by atoms with Gasteiger partial charge >= 0.3 is 6.18 Å². The van der Waals surface area contributed by atoms with E-state index in [1.54, 1.807) is 32.4 Å². The highest BCUT2D eigenvalue weighted by atomic mass is 32.1. The van der Waals surface area contributed by atoms with Crippen LogP contribution in [0.25, 0.3) is 11.3 Å². The molecule has 0 aliphatic heterocycles. The van der Waals surface area contributed by atoms with Crippen LogP contribution < -0.4 is 9.47 Å². The van der Waals surface area contributed by atoms with Gasteiger partial charge in [-0.25, -0.2) is 4.98 Å². The zero-order chi connectivity index (χ0) is 18.7. The van der Waals surface area contributed by atoms with Crippen molar-refractivity contribution < 1.29 is 22.6 Å². The lowest BCUT2D eigenvalue weighted by molar-refractivity contribution is -0.138. The molecule has 0 amide bonds. The predicted octanol–water partition coefficient (Wildman–Crippen LogP) is 5.44. The van der Waals surface area contributed by atoms with Crippen LogP contribution in [0.2, 0.25) is 0 Å². The molecule has 0 aliphatic carbocycles. The van der Waals surface area contributed by atoms with E-state index in [4.69, 9.17) is 9.47 Å². The summed E-state index contributed by atoms with van der Waals surface area (Å²) in [6.45, 7) is 0. The number of halogens is 3. The zero-order valence-electron chi connectivity index (χ0n) is 14.1. The molecule has 136 valence electrons. The Bertz CT molecular complexity index is 906. The molecule has 0 N–H and O–H groups in total. The molecule has 0 bridgehead atoms. The van der Waals surface area contributed by atoms with E-state index in [0.717, 1.165) is 11.6 Å². The maximum absolute atomic E-state index is 13.1. The number of rotatable bonds is 5. The highest BCUT2D eigenvalue weighted by molar-refractivity contribution is 7.10. The summed E-state index contributed by atoms with van der Waals surface area (Å²) in [6.07, 6.45) is -4.24. The van der Waals surface area contributed by atoms with Gasteiger partial charge in [0.05, 0.1) is 30.5 Å². The van der Waals surface area contributed by atoms with Crippen LogP contribution in [0.3, 0.4) is 0 Å². The molecule has 3 nitrogen and oxygen atoms in total. The van der Waals surface area contributed by atoms with Gasteiger partial charge in [-0.1, -0.05) is 18.2 Å². The minimum Gasteiger partial charge on any atom is -0.493 e. The van der Waals surface area contributed by atoms with Gasteiger partial charge in [0.1, 0.15) is 0 Å². The van der Waals surface area contributed by atoms with Gasteiger partial charge in [0.15, 0.2) is 11.5 Å². The van der Waals surface area contributed by atoms with Crippen molar-refractivity contribution in [3.8, 4) is 22.8 Å². The molecule has 1 aromatic heterocycles. The third-order valence-corrected chi connectivity index (χ3v) is 4.74. The van der Waals surface area contributed by atoms with Crippen molar-refractivity contribution in [3.63, 3.8) is 0 Å². The topological polar surface area (TPSA) is 31.4 Å². The monoisotopic (exact) mass is 379 g/mol. The molecule has 0 saturated heterocycles. The second-order valence-electron chi connectivity index (χ2n) is 5.53. The van der Waals surface area contributed by atoms with Crippen molar-refractivity contribution in [1.82, 2.24) is 4.98 Å². The van der Waals surface area contributed by atoms with Gasteiger partial charge in [-0.05, 0) is 29.8 Å². The first-order chi connectivity index (χ1) is 12.4. The highest BCUT2D eigenvalue weighted by Crippen LogP contribution is 2.35. The van der Waals surface area contributed by atoms with Gasteiger partial charge in [-0.2, -0.15) is 13.2 Å². The molecule has 0 fully saturated rings. The number of alkyl halides is 3. The zero-order valence-corrected chi connectivity index (χ0v) is 14.9. The Morgan fingerprint density at radius 3 is 2.42 bits per heavy atom. The SMILES string of the molecule is COc1ccc(-c2csc(Cc3ccccc3C(F)(F)F)n2)cc1OC. The van der Waals surface area contributed by atoms with Crippen LogP contribution in [0.4, 0.5) is 13.2 Å². The van der Waals surface area contributed by atoms with Crippen LogP contribution in [-0.4, -0.2) is 19.2 Å². The van der Waals surface area contributed by atoms with E-state index in [1.165, 1.54) is 23.5 Å². The molecule has 0 aliphatic rings. The summed E-state index contributed by atoms with van der Waals surface area (Å²) >= 11 is 1.33. The van der Waals surface area contributed by atoms with Crippen molar-refractivity contribution >= 4 is 11.3 Å². The summed E-state index contributed by atoms with van der Waals surface area (Å²) < 4.78 is 49.9. The third kappa shape index (κ3) is 3.83. The van der Waals surface area contributed by atoms with Gasteiger partial charge in [0.25, 0.3) is 0 Å². The number of nitrogens with zero attached hydrogens (tertiary/aromatic N) is 1. The molecule has 0 saturated carbocycles. The number of aromatic nitrogens is 1. The first kappa shape index (κ1) is 18.3. The van der Waals surface area contributed by atoms with Crippen molar-refractivity contribution in [1.29, 1.82) is 0 Å². The Hall–Kier alpha value is -2.54. The van der Waals surface area contributed by atoms with Crippen LogP contribution in [0.15, 0.2) is 47.8 Å². The highest BCUT2D eigenvalue weighted by Gasteiger charge is 2.33. The molecular weight excluding hydrogens is 363 g/mol. The smallest absolute Gasteiger partial charge is 0.416 e. The summed E-state index contributed by atoms with van der Waals surface area (Å²) in [7, 11) is 3.10. The molecule has 26 heavy (non-hydrogen) atoms. The van der Waals surface area contributed by atoms with Crippen LogP contribution in [-0.2, 0) is 12.6 Å². The Balaban J connectivity index is 1.88. The Morgan fingerprint density at radius 1 is 1.00 bits per heavy atom. The van der Waals surface area contributed by atoms with Crippen LogP contribution in [0, 0.1) is 0 Å². The van der Waals surface area contributed by atoms with E-state index in [0.29, 0.717) is 22.2 Å². The number of ether oxygens (including phenoxy) is 2. The number of thiazole rings is 1. The molecular formula is C19H16F3NO2S. The molecule has 7 heteroatoms. The van der Waals surface area contributed by atoms with Crippen LogP contribution in [0.5, 0.6) is 11.5 Å². The second-order valence-corrected chi connectivity index (χ2v) is 6.47. The first-order valence-electron chi connectivity index (χ1n) is 7.74. The Labute approximate surface area is 153 Å². The largest absolute Gasteiger partial charge is 0.493 e.